The molecule has 2 heterocycles. The first-order valence-electron chi connectivity index (χ1n) is 6.48. The number of ether oxygens (including phenoxy) is 1. The second kappa shape index (κ2) is 4.97. The van der Waals surface area contributed by atoms with Crippen LogP contribution in [-0.2, 0) is 0 Å². The number of nitrogens with one attached hydrogen (secondary N) is 1. The van der Waals surface area contributed by atoms with Crippen LogP contribution in [0, 0.1) is 0 Å². The van der Waals surface area contributed by atoms with Crippen LogP contribution in [0.3, 0.4) is 0 Å². The fourth-order valence-corrected chi connectivity index (χ4v) is 2.41. The molecule has 1 aromatic heterocycles. The van der Waals surface area contributed by atoms with Crippen molar-refractivity contribution in [2.24, 2.45) is 0 Å². The van der Waals surface area contributed by atoms with E-state index in [1.165, 1.54) is 0 Å². The summed E-state index contributed by atoms with van der Waals surface area (Å²) in [5.41, 5.74) is 1.14. The van der Waals surface area contributed by atoms with Gasteiger partial charge in [0.25, 0.3) is 0 Å². The molecule has 1 aliphatic heterocycles. The van der Waals surface area contributed by atoms with E-state index in [0.29, 0.717) is 6.61 Å². The Kier molecular flexibility index (Phi) is 3.16. The van der Waals surface area contributed by atoms with Crippen LogP contribution < -0.4 is 10.1 Å². The van der Waals surface area contributed by atoms with Crippen LogP contribution in [0.15, 0.2) is 24.3 Å². The number of rotatable bonds is 3. The van der Waals surface area contributed by atoms with Crippen LogP contribution in [0.4, 0.5) is 0 Å². The van der Waals surface area contributed by atoms with Gasteiger partial charge in [-0.2, -0.15) is 0 Å². The van der Waals surface area contributed by atoms with Gasteiger partial charge in [-0.25, -0.2) is 4.68 Å². The van der Waals surface area contributed by atoms with Gasteiger partial charge < -0.3 is 10.1 Å². The molecule has 0 aliphatic carbocycles. The molecule has 0 fully saturated rings. The molecule has 19 heavy (non-hydrogen) atoms. The van der Waals surface area contributed by atoms with Gasteiger partial charge in [0, 0.05) is 12.0 Å². The fraction of sp³-hybridized carbons (Fsp3) is 0.462. The van der Waals surface area contributed by atoms with E-state index in [1.54, 1.807) is 0 Å². The minimum absolute atomic E-state index is 0.116. The lowest BCUT2D eigenvalue weighted by Crippen LogP contribution is -2.26. The van der Waals surface area contributed by atoms with E-state index < -0.39 is 0 Å². The van der Waals surface area contributed by atoms with Gasteiger partial charge in [0.05, 0.1) is 18.7 Å². The Bertz CT molecular complexity index is 568. The lowest BCUT2D eigenvalue weighted by Gasteiger charge is -2.27. The Morgan fingerprint density at radius 3 is 3.11 bits per heavy atom. The van der Waals surface area contributed by atoms with Crippen molar-refractivity contribution in [3.63, 3.8) is 0 Å². The van der Waals surface area contributed by atoms with Crippen LogP contribution in [0.25, 0.3) is 0 Å². The molecule has 0 spiro atoms. The molecular formula is C13H17N5O. The van der Waals surface area contributed by atoms with Crippen molar-refractivity contribution in [2.75, 3.05) is 13.7 Å². The Balaban J connectivity index is 2.02. The summed E-state index contributed by atoms with van der Waals surface area (Å²) in [5, 5.41) is 15.3. The van der Waals surface area contributed by atoms with Crippen molar-refractivity contribution in [2.45, 2.75) is 25.4 Å². The molecule has 1 aromatic carbocycles. The molecule has 2 aromatic rings. The Labute approximate surface area is 111 Å². The number of aromatic nitrogens is 4. The number of para-hydroxylation sites is 1. The fourth-order valence-electron chi connectivity index (χ4n) is 2.41. The Hall–Kier alpha value is -1.95. The molecule has 2 unspecified atom stereocenters. The quantitative estimate of drug-likeness (QED) is 0.900. The van der Waals surface area contributed by atoms with E-state index in [9.17, 15) is 0 Å². The largest absolute Gasteiger partial charge is 0.493 e. The highest BCUT2D eigenvalue weighted by Crippen LogP contribution is 2.34. The van der Waals surface area contributed by atoms with Crippen molar-refractivity contribution in [3.8, 4) is 5.75 Å². The highest BCUT2D eigenvalue weighted by molar-refractivity contribution is 5.37. The summed E-state index contributed by atoms with van der Waals surface area (Å²) in [5.74, 6) is 1.78. The predicted octanol–water partition coefficient (Wildman–Crippen LogP) is 1.33. The van der Waals surface area contributed by atoms with Gasteiger partial charge in [0.1, 0.15) is 5.75 Å². The number of hydrogen-bond acceptors (Lipinski definition) is 5. The molecule has 0 saturated heterocycles. The zero-order chi connectivity index (χ0) is 13.2. The van der Waals surface area contributed by atoms with E-state index in [2.05, 4.69) is 26.9 Å². The minimum Gasteiger partial charge on any atom is -0.493 e. The van der Waals surface area contributed by atoms with Crippen LogP contribution in [0.1, 0.15) is 36.8 Å². The van der Waals surface area contributed by atoms with Gasteiger partial charge in [0.2, 0.25) is 0 Å². The topological polar surface area (TPSA) is 64.9 Å². The summed E-state index contributed by atoms with van der Waals surface area (Å²) >= 11 is 0. The average Bonchev–Trinajstić information content (AvgIpc) is 2.95. The first kappa shape index (κ1) is 12.1. The molecule has 0 saturated carbocycles. The zero-order valence-corrected chi connectivity index (χ0v) is 11.1. The lowest BCUT2D eigenvalue weighted by atomic mass is 10.0. The third-order valence-corrected chi connectivity index (χ3v) is 3.56. The van der Waals surface area contributed by atoms with Crippen molar-refractivity contribution in [1.29, 1.82) is 0 Å². The Morgan fingerprint density at radius 1 is 1.42 bits per heavy atom. The van der Waals surface area contributed by atoms with Crippen molar-refractivity contribution in [3.05, 3.63) is 35.7 Å². The first-order valence-corrected chi connectivity index (χ1v) is 6.48. The molecule has 1 N–H and O–H groups in total. The number of nitrogens with zero attached hydrogens (tertiary/aromatic N) is 4. The molecule has 0 radical (unpaired) electrons. The molecule has 0 amide bonds. The second-order valence-electron chi connectivity index (χ2n) is 4.68. The number of fused-ring (bicyclic) bond motifs is 1. The van der Waals surface area contributed by atoms with Gasteiger partial charge >= 0.3 is 0 Å². The van der Waals surface area contributed by atoms with Crippen LogP contribution >= 0.6 is 0 Å². The maximum Gasteiger partial charge on any atom is 0.168 e. The van der Waals surface area contributed by atoms with E-state index in [-0.39, 0.29) is 12.1 Å². The molecule has 100 valence electrons. The van der Waals surface area contributed by atoms with Gasteiger partial charge in [-0.3, -0.25) is 0 Å². The highest BCUT2D eigenvalue weighted by atomic mass is 16.5. The summed E-state index contributed by atoms with van der Waals surface area (Å²) in [6.45, 7) is 2.74. The SMILES string of the molecule is CNC(C)c1nnnn1C1CCOc2ccccc21. The van der Waals surface area contributed by atoms with Gasteiger partial charge in [0.15, 0.2) is 5.82 Å². The molecule has 6 nitrogen and oxygen atoms in total. The second-order valence-corrected chi connectivity index (χ2v) is 4.68. The van der Waals surface area contributed by atoms with E-state index in [1.807, 2.05) is 36.9 Å². The van der Waals surface area contributed by atoms with E-state index >= 15 is 0 Å². The zero-order valence-electron chi connectivity index (χ0n) is 11.1. The normalized spacial score (nSPS) is 19.6. The lowest BCUT2D eigenvalue weighted by molar-refractivity contribution is 0.245. The third-order valence-electron chi connectivity index (χ3n) is 3.56. The molecule has 1 aliphatic rings. The molecular weight excluding hydrogens is 242 g/mol. The summed E-state index contributed by atoms with van der Waals surface area (Å²) in [4.78, 5) is 0. The predicted molar refractivity (Wildman–Crippen MR) is 70.0 cm³/mol. The first-order chi connectivity index (χ1) is 9.31. The van der Waals surface area contributed by atoms with Crippen LogP contribution in [-0.4, -0.2) is 33.9 Å². The van der Waals surface area contributed by atoms with E-state index in [0.717, 1.165) is 23.6 Å². The minimum atomic E-state index is 0.116. The van der Waals surface area contributed by atoms with Gasteiger partial charge in [-0.1, -0.05) is 18.2 Å². The maximum absolute atomic E-state index is 5.68. The van der Waals surface area contributed by atoms with Crippen LogP contribution in [0.5, 0.6) is 5.75 Å². The van der Waals surface area contributed by atoms with Crippen molar-refractivity contribution in [1.82, 2.24) is 25.5 Å². The molecule has 0 bridgehead atoms. The standard InChI is InChI=1S/C13H17N5O/c1-9(14-2)13-15-16-17-18(13)11-7-8-19-12-6-4-3-5-10(11)12/h3-6,9,11,14H,7-8H2,1-2H3. The highest BCUT2D eigenvalue weighted by Gasteiger charge is 2.27. The summed E-state index contributed by atoms with van der Waals surface area (Å²) < 4.78 is 7.59. The molecule has 6 heteroatoms. The van der Waals surface area contributed by atoms with Gasteiger partial charge in [-0.05, 0) is 30.5 Å². The van der Waals surface area contributed by atoms with Crippen molar-refractivity contribution >= 4 is 0 Å². The number of hydrogen-bond donors (Lipinski definition) is 1. The average molecular weight is 259 g/mol. The van der Waals surface area contributed by atoms with E-state index in [4.69, 9.17) is 4.74 Å². The Morgan fingerprint density at radius 2 is 2.26 bits per heavy atom. The third kappa shape index (κ3) is 2.08. The summed E-state index contributed by atoms with van der Waals surface area (Å²) in [6.07, 6.45) is 0.880. The summed E-state index contributed by atoms with van der Waals surface area (Å²) in [6, 6.07) is 8.34. The number of tetrazole rings is 1. The molecule has 3 rings (SSSR count). The van der Waals surface area contributed by atoms with Crippen molar-refractivity contribution < 1.29 is 4.74 Å². The van der Waals surface area contributed by atoms with Crippen LogP contribution in [0.2, 0.25) is 0 Å². The monoisotopic (exact) mass is 259 g/mol. The summed E-state index contributed by atoms with van der Waals surface area (Å²) in [7, 11) is 1.90. The van der Waals surface area contributed by atoms with Gasteiger partial charge in [-0.15, -0.1) is 5.10 Å². The smallest absolute Gasteiger partial charge is 0.168 e. The maximum atomic E-state index is 5.68. The number of benzene rings is 1. The molecule has 2 atom stereocenters.